The van der Waals surface area contributed by atoms with Crippen molar-refractivity contribution in [2.75, 3.05) is 19.8 Å². The molecule has 0 spiro atoms. The molecule has 7 heteroatoms. The molecule has 3 rings (SSSR count). The summed E-state index contributed by atoms with van der Waals surface area (Å²) < 4.78 is 11.1. The molecule has 2 heterocycles. The Morgan fingerprint density at radius 1 is 1.38 bits per heavy atom. The second-order valence-electron chi connectivity index (χ2n) is 5.07. The number of carboxylic acid groups (broad SMARTS) is 1. The van der Waals surface area contributed by atoms with Crippen LogP contribution in [-0.2, 0) is 4.79 Å². The molecule has 6 nitrogen and oxygen atoms in total. The van der Waals surface area contributed by atoms with Crippen molar-refractivity contribution in [2.24, 2.45) is 5.92 Å². The van der Waals surface area contributed by atoms with Crippen molar-refractivity contribution in [3.05, 3.63) is 22.2 Å². The Labute approximate surface area is 126 Å². The van der Waals surface area contributed by atoms with Crippen molar-refractivity contribution in [2.45, 2.75) is 12.5 Å². The van der Waals surface area contributed by atoms with Crippen molar-refractivity contribution in [1.82, 2.24) is 5.32 Å². The van der Waals surface area contributed by atoms with E-state index in [-0.39, 0.29) is 6.04 Å². The zero-order valence-electron chi connectivity index (χ0n) is 11.1. The average Bonchev–Trinajstić information content (AvgIpc) is 2.96. The summed E-state index contributed by atoms with van der Waals surface area (Å²) in [6.07, 6.45) is 1.09. The fourth-order valence-corrected chi connectivity index (χ4v) is 3.11. The highest BCUT2D eigenvalue weighted by Crippen LogP contribution is 2.46. The molecule has 1 fully saturated rings. The van der Waals surface area contributed by atoms with E-state index in [1.54, 1.807) is 0 Å². The summed E-state index contributed by atoms with van der Waals surface area (Å²) in [6, 6.07) is 1.31. The maximum absolute atomic E-state index is 11.1. The minimum atomic E-state index is -0.836. The molecule has 1 saturated heterocycles. The third kappa shape index (κ3) is 2.45. The Balaban J connectivity index is 2.03. The zero-order chi connectivity index (χ0) is 15.0. The molecule has 2 N–H and O–H groups in total. The Hall–Kier alpha value is -1.79. The molecule has 2 unspecified atom stereocenters. The topological polar surface area (TPSA) is 84.9 Å². The summed E-state index contributed by atoms with van der Waals surface area (Å²) >= 11 is 6.27. The second kappa shape index (κ2) is 5.54. The molecule has 0 bridgehead atoms. The standard InChI is InChI=1S/C14H14ClNO5/c15-9-3-8(6-17)12-13(21-2-1-20-12)11(9)10-4-7(5-16-10)14(18)19/h3,6-7,10,16H,1-2,4-5H2,(H,18,19). The molecule has 2 atom stereocenters. The second-order valence-corrected chi connectivity index (χ2v) is 5.47. The first-order chi connectivity index (χ1) is 10.1. The SMILES string of the molecule is O=Cc1cc(Cl)c(C2CC(C(=O)O)CN2)c2c1OCCO2. The molecule has 2 aliphatic rings. The number of carboxylic acids is 1. The van der Waals surface area contributed by atoms with Gasteiger partial charge in [-0.05, 0) is 12.5 Å². The molecule has 21 heavy (non-hydrogen) atoms. The molecule has 0 saturated carbocycles. The van der Waals surface area contributed by atoms with Gasteiger partial charge in [-0.1, -0.05) is 11.6 Å². The van der Waals surface area contributed by atoms with Crippen LogP contribution in [0.2, 0.25) is 5.02 Å². The predicted octanol–water partition coefficient (Wildman–Crippen LogP) is 1.66. The fraction of sp³-hybridized carbons (Fsp3) is 0.429. The molecule has 1 aromatic rings. The number of rotatable bonds is 3. The molecule has 0 aliphatic carbocycles. The smallest absolute Gasteiger partial charge is 0.307 e. The van der Waals surface area contributed by atoms with Crippen LogP contribution in [0.25, 0.3) is 0 Å². The molecule has 112 valence electrons. The van der Waals surface area contributed by atoms with Crippen molar-refractivity contribution >= 4 is 23.9 Å². The Morgan fingerprint density at radius 2 is 2.10 bits per heavy atom. The largest absolute Gasteiger partial charge is 0.486 e. The van der Waals surface area contributed by atoms with Gasteiger partial charge < -0.3 is 19.9 Å². The quantitative estimate of drug-likeness (QED) is 0.826. The molecule has 0 radical (unpaired) electrons. The van der Waals surface area contributed by atoms with E-state index in [9.17, 15) is 9.59 Å². The van der Waals surface area contributed by atoms with Gasteiger partial charge in [0.1, 0.15) is 13.2 Å². The number of carbonyl (C=O) groups is 2. The van der Waals surface area contributed by atoms with Gasteiger partial charge in [0, 0.05) is 18.2 Å². The summed E-state index contributed by atoms with van der Waals surface area (Å²) in [5.74, 6) is -0.468. The van der Waals surface area contributed by atoms with Crippen molar-refractivity contribution in [1.29, 1.82) is 0 Å². The summed E-state index contributed by atoms with van der Waals surface area (Å²) in [5.41, 5.74) is 1.01. The summed E-state index contributed by atoms with van der Waals surface area (Å²) in [6.45, 7) is 1.11. The lowest BCUT2D eigenvalue weighted by Crippen LogP contribution is -2.21. The van der Waals surface area contributed by atoms with Crippen molar-refractivity contribution < 1.29 is 24.2 Å². The van der Waals surface area contributed by atoms with E-state index in [1.807, 2.05) is 0 Å². The maximum atomic E-state index is 11.1. The van der Waals surface area contributed by atoms with E-state index in [1.165, 1.54) is 6.07 Å². The average molecular weight is 312 g/mol. The summed E-state index contributed by atoms with van der Waals surface area (Å²) in [5, 5.41) is 12.6. The van der Waals surface area contributed by atoms with Gasteiger partial charge in [-0.2, -0.15) is 0 Å². The number of aliphatic carboxylic acids is 1. The predicted molar refractivity (Wildman–Crippen MR) is 74.3 cm³/mol. The number of ether oxygens (including phenoxy) is 2. The molecule has 0 aromatic heterocycles. The number of carbonyl (C=O) groups excluding carboxylic acids is 1. The lowest BCUT2D eigenvalue weighted by atomic mass is 9.97. The van der Waals surface area contributed by atoms with Crippen LogP contribution in [-0.4, -0.2) is 37.1 Å². The third-order valence-electron chi connectivity index (χ3n) is 3.78. The number of hydrogen-bond acceptors (Lipinski definition) is 5. The van der Waals surface area contributed by atoms with Gasteiger partial charge in [-0.3, -0.25) is 9.59 Å². The molecule has 0 amide bonds. The van der Waals surface area contributed by atoms with Crippen LogP contribution in [0.15, 0.2) is 6.07 Å². The normalized spacial score (nSPS) is 23.9. The third-order valence-corrected chi connectivity index (χ3v) is 4.10. The minimum Gasteiger partial charge on any atom is -0.486 e. The number of hydrogen-bond donors (Lipinski definition) is 2. The van der Waals surface area contributed by atoms with Crippen molar-refractivity contribution in [3.8, 4) is 11.5 Å². The van der Waals surface area contributed by atoms with Gasteiger partial charge in [0.25, 0.3) is 0 Å². The van der Waals surface area contributed by atoms with Crippen LogP contribution in [0, 0.1) is 5.92 Å². The summed E-state index contributed by atoms with van der Waals surface area (Å²) in [4.78, 5) is 22.2. The van der Waals surface area contributed by atoms with Crippen LogP contribution >= 0.6 is 11.6 Å². The van der Waals surface area contributed by atoms with Gasteiger partial charge in [0.05, 0.1) is 16.5 Å². The molecule has 2 aliphatic heterocycles. The van der Waals surface area contributed by atoms with E-state index < -0.39 is 11.9 Å². The summed E-state index contributed by atoms with van der Waals surface area (Å²) in [7, 11) is 0. The van der Waals surface area contributed by atoms with Gasteiger partial charge in [0.15, 0.2) is 17.8 Å². The van der Waals surface area contributed by atoms with Gasteiger partial charge >= 0.3 is 5.97 Å². The maximum Gasteiger partial charge on any atom is 0.307 e. The molecule has 1 aromatic carbocycles. The van der Waals surface area contributed by atoms with Gasteiger partial charge in [-0.25, -0.2) is 0 Å². The van der Waals surface area contributed by atoms with Crippen LogP contribution in [0.5, 0.6) is 11.5 Å². The number of fused-ring (bicyclic) bond motifs is 1. The first kappa shape index (κ1) is 14.2. The first-order valence-corrected chi connectivity index (χ1v) is 7.03. The van der Waals surface area contributed by atoms with E-state index in [4.69, 9.17) is 26.2 Å². The number of aldehydes is 1. The highest BCUT2D eigenvalue weighted by molar-refractivity contribution is 6.32. The number of halogens is 1. The lowest BCUT2D eigenvalue weighted by Gasteiger charge is -2.25. The molecular weight excluding hydrogens is 298 g/mol. The van der Waals surface area contributed by atoms with Gasteiger partial charge in [-0.15, -0.1) is 0 Å². The highest BCUT2D eigenvalue weighted by atomic mass is 35.5. The Kier molecular flexibility index (Phi) is 3.73. The fourth-order valence-electron chi connectivity index (χ4n) is 2.78. The minimum absolute atomic E-state index is 0.227. The van der Waals surface area contributed by atoms with E-state index >= 15 is 0 Å². The highest BCUT2D eigenvalue weighted by Gasteiger charge is 2.35. The van der Waals surface area contributed by atoms with Crippen LogP contribution in [0.1, 0.15) is 28.4 Å². The number of nitrogens with one attached hydrogen (secondary N) is 1. The molecular formula is C14H14ClNO5. The van der Waals surface area contributed by atoms with E-state index in [0.717, 1.165) is 0 Å². The van der Waals surface area contributed by atoms with E-state index in [2.05, 4.69) is 5.32 Å². The Bertz CT molecular complexity index is 604. The lowest BCUT2D eigenvalue weighted by molar-refractivity contribution is -0.141. The monoisotopic (exact) mass is 311 g/mol. The van der Waals surface area contributed by atoms with Crippen molar-refractivity contribution in [3.63, 3.8) is 0 Å². The Morgan fingerprint density at radius 3 is 2.71 bits per heavy atom. The van der Waals surface area contributed by atoms with Crippen LogP contribution in [0.3, 0.4) is 0 Å². The van der Waals surface area contributed by atoms with Crippen LogP contribution < -0.4 is 14.8 Å². The van der Waals surface area contributed by atoms with E-state index in [0.29, 0.717) is 60.1 Å². The van der Waals surface area contributed by atoms with Crippen LogP contribution in [0.4, 0.5) is 0 Å². The number of benzene rings is 1. The van der Waals surface area contributed by atoms with Gasteiger partial charge in [0.2, 0.25) is 0 Å². The first-order valence-electron chi connectivity index (χ1n) is 6.65. The zero-order valence-corrected chi connectivity index (χ0v) is 11.9.